The highest BCUT2D eigenvalue weighted by molar-refractivity contribution is 5.89. The highest BCUT2D eigenvalue weighted by Gasteiger charge is 2.30. The second-order valence-electron chi connectivity index (χ2n) is 7.52. The Hall–Kier alpha value is -1.81. The van der Waals surface area contributed by atoms with Gasteiger partial charge in [0, 0.05) is 43.3 Å². The van der Waals surface area contributed by atoms with Crippen LogP contribution < -0.4 is 0 Å². The normalized spacial score (nSPS) is 20.8. The maximum Gasteiger partial charge on any atom is 0.252 e. The van der Waals surface area contributed by atoms with E-state index in [-0.39, 0.29) is 12.0 Å². The van der Waals surface area contributed by atoms with E-state index in [0.29, 0.717) is 12.5 Å². The summed E-state index contributed by atoms with van der Waals surface area (Å²) in [4.78, 5) is 14.8. The van der Waals surface area contributed by atoms with Gasteiger partial charge in [0.2, 0.25) is 0 Å². The maximum atomic E-state index is 12.8. The zero-order chi connectivity index (χ0) is 16.7. The first-order valence-electron chi connectivity index (χ1n) is 9.13. The summed E-state index contributed by atoms with van der Waals surface area (Å²) in [5, 5.41) is 1.36. The summed E-state index contributed by atoms with van der Waals surface area (Å²) < 4.78 is 7.99. The van der Waals surface area contributed by atoms with Gasteiger partial charge in [-0.15, -0.1) is 0 Å². The van der Waals surface area contributed by atoms with Crippen LogP contribution in [0.5, 0.6) is 0 Å². The van der Waals surface area contributed by atoms with E-state index in [1.54, 1.807) is 0 Å². The van der Waals surface area contributed by atoms with Gasteiger partial charge in [0.15, 0.2) is 0 Å². The zero-order valence-electron chi connectivity index (χ0n) is 14.6. The first-order chi connectivity index (χ1) is 11.6. The predicted molar refractivity (Wildman–Crippen MR) is 94.9 cm³/mol. The smallest absolute Gasteiger partial charge is 0.252 e. The van der Waals surface area contributed by atoms with Gasteiger partial charge in [-0.25, -0.2) is 0 Å². The molecule has 0 spiro atoms. The molecule has 24 heavy (non-hydrogen) atoms. The van der Waals surface area contributed by atoms with Crippen LogP contribution in [0, 0.1) is 5.92 Å². The number of ether oxygens (including phenoxy) is 1. The number of nitrogens with zero attached hydrogens (tertiary/aromatic N) is 2. The predicted octanol–water partition coefficient (Wildman–Crippen LogP) is 3.36. The van der Waals surface area contributed by atoms with Crippen LogP contribution in [0.4, 0.5) is 0 Å². The Kier molecular flexibility index (Phi) is 4.09. The Morgan fingerprint density at radius 1 is 1.33 bits per heavy atom. The number of carbonyl (C=O) groups excluding carboxylic acids is 1. The molecule has 1 aromatic heterocycles. The van der Waals surface area contributed by atoms with Crippen molar-refractivity contribution in [3.05, 3.63) is 35.5 Å². The molecule has 128 valence electrons. The van der Waals surface area contributed by atoms with Gasteiger partial charge in [0.1, 0.15) is 6.10 Å². The Bertz CT molecular complexity index is 756. The molecule has 3 heterocycles. The molecule has 1 amide bonds. The minimum atomic E-state index is -0.220. The van der Waals surface area contributed by atoms with Crippen molar-refractivity contribution < 1.29 is 9.53 Å². The molecule has 4 rings (SSSR count). The van der Waals surface area contributed by atoms with Gasteiger partial charge in [-0.05, 0) is 42.4 Å². The molecule has 1 atom stereocenters. The van der Waals surface area contributed by atoms with Crippen molar-refractivity contribution >= 4 is 16.8 Å². The van der Waals surface area contributed by atoms with Crippen molar-refractivity contribution in [2.45, 2.75) is 52.3 Å². The first kappa shape index (κ1) is 15.7. The number of amides is 1. The van der Waals surface area contributed by atoms with Gasteiger partial charge >= 0.3 is 0 Å². The lowest BCUT2D eigenvalue weighted by atomic mass is 10.1. The average Bonchev–Trinajstić information content (AvgIpc) is 3.15. The monoisotopic (exact) mass is 326 g/mol. The summed E-state index contributed by atoms with van der Waals surface area (Å²) in [6.45, 7) is 7.76. The number of hydrogen-bond acceptors (Lipinski definition) is 2. The van der Waals surface area contributed by atoms with Crippen LogP contribution in [0.25, 0.3) is 10.9 Å². The quantitative estimate of drug-likeness (QED) is 0.867. The van der Waals surface area contributed by atoms with E-state index in [9.17, 15) is 4.79 Å². The molecule has 0 saturated carbocycles. The second kappa shape index (κ2) is 6.25. The largest absolute Gasteiger partial charge is 0.368 e. The molecular weight excluding hydrogens is 300 g/mol. The fourth-order valence-corrected chi connectivity index (χ4v) is 4.09. The molecule has 2 aliphatic heterocycles. The first-order valence-corrected chi connectivity index (χ1v) is 9.13. The number of hydrogen-bond donors (Lipinski definition) is 0. The summed E-state index contributed by atoms with van der Waals surface area (Å²) in [6.07, 6.45) is 4.88. The number of aromatic nitrogens is 1. The molecule has 1 aromatic carbocycles. The second-order valence-corrected chi connectivity index (χ2v) is 7.52. The summed E-state index contributed by atoms with van der Waals surface area (Å²) in [5.74, 6) is 0.794. The maximum absolute atomic E-state index is 12.8. The molecule has 2 aromatic rings. The minimum Gasteiger partial charge on any atom is -0.368 e. The van der Waals surface area contributed by atoms with E-state index in [4.69, 9.17) is 4.74 Å². The fraction of sp³-hybridized carbons (Fsp3) is 0.550. The lowest BCUT2D eigenvalue weighted by Crippen LogP contribution is -2.39. The number of rotatable bonds is 3. The van der Waals surface area contributed by atoms with E-state index in [1.807, 2.05) is 4.90 Å². The average molecular weight is 326 g/mol. The Labute approximate surface area is 143 Å². The molecule has 4 heteroatoms. The van der Waals surface area contributed by atoms with Gasteiger partial charge in [-0.3, -0.25) is 4.79 Å². The van der Waals surface area contributed by atoms with E-state index >= 15 is 0 Å². The summed E-state index contributed by atoms with van der Waals surface area (Å²) in [6, 6.07) is 6.51. The third-order valence-corrected chi connectivity index (χ3v) is 5.16. The molecule has 0 unspecified atom stereocenters. The van der Waals surface area contributed by atoms with Gasteiger partial charge in [-0.2, -0.15) is 0 Å². The summed E-state index contributed by atoms with van der Waals surface area (Å²) in [7, 11) is 0. The van der Waals surface area contributed by atoms with Crippen molar-refractivity contribution in [1.29, 1.82) is 0 Å². The molecule has 0 N–H and O–H groups in total. The third kappa shape index (κ3) is 2.73. The standard InChI is InChI=1S/C20H26N2O2/c1-14(2)11-22-13-16-8-9-21(20(23)18-7-4-10-24-18)12-15-5-3-6-17(22)19(15)16/h3,5-6,13-14,18H,4,7-12H2,1-2H3/t18-/m1/s1. The van der Waals surface area contributed by atoms with Crippen LogP contribution in [0.3, 0.4) is 0 Å². The van der Waals surface area contributed by atoms with Gasteiger partial charge in [0.25, 0.3) is 5.91 Å². The van der Waals surface area contributed by atoms with Crippen LogP contribution in [-0.2, 0) is 29.0 Å². The molecule has 0 aliphatic carbocycles. The zero-order valence-corrected chi connectivity index (χ0v) is 14.6. The van der Waals surface area contributed by atoms with Crippen LogP contribution in [0.15, 0.2) is 24.4 Å². The molecule has 0 bridgehead atoms. The van der Waals surface area contributed by atoms with Crippen molar-refractivity contribution in [3.8, 4) is 0 Å². The van der Waals surface area contributed by atoms with E-state index in [2.05, 4.69) is 42.8 Å². The number of carbonyl (C=O) groups is 1. The van der Waals surface area contributed by atoms with Crippen molar-refractivity contribution in [2.24, 2.45) is 5.92 Å². The highest BCUT2D eigenvalue weighted by Crippen LogP contribution is 2.30. The third-order valence-electron chi connectivity index (χ3n) is 5.16. The molecule has 1 fully saturated rings. The summed E-state index contributed by atoms with van der Waals surface area (Å²) in [5.41, 5.74) is 3.96. The topological polar surface area (TPSA) is 34.5 Å². The van der Waals surface area contributed by atoms with Crippen LogP contribution in [0.2, 0.25) is 0 Å². The molecule has 0 radical (unpaired) electrons. The Balaban J connectivity index is 1.66. The Morgan fingerprint density at radius 2 is 2.21 bits per heavy atom. The number of benzene rings is 1. The van der Waals surface area contributed by atoms with Crippen molar-refractivity contribution in [1.82, 2.24) is 9.47 Å². The molecule has 4 nitrogen and oxygen atoms in total. The van der Waals surface area contributed by atoms with Crippen LogP contribution in [0.1, 0.15) is 37.8 Å². The van der Waals surface area contributed by atoms with Crippen molar-refractivity contribution in [3.63, 3.8) is 0 Å². The Morgan fingerprint density at radius 3 is 2.96 bits per heavy atom. The van der Waals surface area contributed by atoms with Gasteiger partial charge < -0.3 is 14.2 Å². The van der Waals surface area contributed by atoms with Gasteiger partial charge in [-0.1, -0.05) is 26.0 Å². The van der Waals surface area contributed by atoms with Gasteiger partial charge in [0.05, 0.1) is 0 Å². The summed E-state index contributed by atoms with van der Waals surface area (Å²) >= 11 is 0. The van der Waals surface area contributed by atoms with Crippen LogP contribution in [-0.4, -0.2) is 34.6 Å². The van der Waals surface area contributed by atoms with E-state index in [0.717, 1.165) is 39.0 Å². The lowest BCUT2D eigenvalue weighted by molar-refractivity contribution is -0.141. The van der Waals surface area contributed by atoms with Crippen LogP contribution >= 0.6 is 0 Å². The molecule has 1 saturated heterocycles. The molecule has 2 aliphatic rings. The SMILES string of the molecule is CC(C)Cn1cc2c3c(cccc31)CN(C(=O)[C@H]1CCCO1)CC2. The lowest BCUT2D eigenvalue weighted by Gasteiger charge is -2.24. The highest BCUT2D eigenvalue weighted by atomic mass is 16.5. The molecular formula is C20H26N2O2. The minimum absolute atomic E-state index is 0.171. The van der Waals surface area contributed by atoms with Crippen molar-refractivity contribution in [2.75, 3.05) is 13.2 Å². The fourth-order valence-electron chi connectivity index (χ4n) is 4.09. The van der Waals surface area contributed by atoms with E-state index in [1.165, 1.54) is 22.0 Å². The van der Waals surface area contributed by atoms with E-state index < -0.39 is 0 Å².